The van der Waals surface area contributed by atoms with E-state index in [0.717, 1.165) is 31.7 Å². The summed E-state index contributed by atoms with van der Waals surface area (Å²) in [6.45, 7) is 7.51. The maximum absolute atomic E-state index is 13.6. The maximum atomic E-state index is 13.6. The smallest absolute Gasteiger partial charge is 0.246 e. The lowest BCUT2D eigenvalue weighted by molar-refractivity contribution is -0.161. The number of hydrogen-bond donors (Lipinski definition) is 1. The van der Waals surface area contributed by atoms with E-state index in [0.29, 0.717) is 38.1 Å². The van der Waals surface area contributed by atoms with E-state index < -0.39 is 11.6 Å². The van der Waals surface area contributed by atoms with Crippen LogP contribution in [-0.4, -0.2) is 64.4 Å². The van der Waals surface area contributed by atoms with Gasteiger partial charge in [-0.1, -0.05) is 56.7 Å². The van der Waals surface area contributed by atoms with Gasteiger partial charge in [0.2, 0.25) is 11.8 Å². The molecule has 0 saturated carbocycles. The molecule has 2 aliphatic heterocycles. The Morgan fingerprint density at radius 1 is 0.944 bits per heavy atom. The first-order chi connectivity index (χ1) is 17.5. The largest absolute Gasteiger partial charge is 0.342 e. The molecular formula is C30H42N4O2. The van der Waals surface area contributed by atoms with Crippen molar-refractivity contribution in [1.82, 2.24) is 20.1 Å². The number of piperazine rings is 1. The van der Waals surface area contributed by atoms with Gasteiger partial charge in [-0.05, 0) is 68.7 Å². The molecule has 2 amide bonds. The van der Waals surface area contributed by atoms with Gasteiger partial charge in [-0.3, -0.25) is 14.6 Å². The molecule has 1 aromatic heterocycles. The summed E-state index contributed by atoms with van der Waals surface area (Å²) in [7, 11) is 0. The molecule has 6 heteroatoms. The van der Waals surface area contributed by atoms with E-state index in [1.165, 1.54) is 24.8 Å². The van der Waals surface area contributed by atoms with Crippen molar-refractivity contribution in [1.29, 1.82) is 0 Å². The quantitative estimate of drug-likeness (QED) is 0.479. The molecule has 2 aromatic rings. The molecule has 2 saturated heterocycles. The number of amides is 2. The summed E-state index contributed by atoms with van der Waals surface area (Å²) in [5.74, 6) is 0.458. The summed E-state index contributed by atoms with van der Waals surface area (Å²) in [5.41, 5.74) is 1.63. The van der Waals surface area contributed by atoms with Gasteiger partial charge in [0.05, 0.1) is 0 Å². The Hall–Kier alpha value is -2.73. The Kier molecular flexibility index (Phi) is 9.13. The topological polar surface area (TPSA) is 65.5 Å². The van der Waals surface area contributed by atoms with E-state index in [1.54, 1.807) is 6.20 Å². The highest BCUT2D eigenvalue weighted by atomic mass is 16.2. The van der Waals surface area contributed by atoms with Gasteiger partial charge < -0.3 is 15.1 Å². The Morgan fingerprint density at radius 3 is 2.39 bits per heavy atom. The zero-order valence-electron chi connectivity index (χ0n) is 22.0. The third kappa shape index (κ3) is 6.52. The fourth-order valence-electron chi connectivity index (χ4n) is 5.73. The fourth-order valence-corrected chi connectivity index (χ4v) is 5.73. The predicted octanol–water partition coefficient (Wildman–Crippen LogP) is 4.24. The average molecular weight is 491 g/mol. The Balaban J connectivity index is 1.33. The second-order valence-electron chi connectivity index (χ2n) is 10.9. The minimum atomic E-state index is -0.733. The molecule has 1 spiro atoms. The van der Waals surface area contributed by atoms with E-state index in [1.807, 2.05) is 23.1 Å². The highest BCUT2D eigenvalue weighted by Crippen LogP contribution is 2.34. The van der Waals surface area contributed by atoms with E-state index in [9.17, 15) is 9.59 Å². The molecular weight excluding hydrogens is 448 g/mol. The van der Waals surface area contributed by atoms with E-state index >= 15 is 0 Å². The van der Waals surface area contributed by atoms with Crippen LogP contribution in [0, 0.1) is 5.92 Å². The van der Waals surface area contributed by atoms with Crippen molar-refractivity contribution in [2.24, 2.45) is 5.92 Å². The first-order valence-electron chi connectivity index (χ1n) is 13.8. The summed E-state index contributed by atoms with van der Waals surface area (Å²) in [6.07, 6.45) is 9.25. The highest BCUT2D eigenvalue weighted by Gasteiger charge is 2.53. The Labute approximate surface area is 216 Å². The van der Waals surface area contributed by atoms with E-state index in [4.69, 9.17) is 0 Å². The van der Waals surface area contributed by atoms with Crippen LogP contribution in [0.4, 0.5) is 0 Å². The van der Waals surface area contributed by atoms with Crippen molar-refractivity contribution >= 4 is 11.8 Å². The number of hydrogen-bond acceptors (Lipinski definition) is 4. The highest BCUT2D eigenvalue weighted by molar-refractivity contribution is 6.00. The summed E-state index contributed by atoms with van der Waals surface area (Å²) in [4.78, 5) is 36.0. The summed E-state index contributed by atoms with van der Waals surface area (Å²) >= 11 is 0. The third-order valence-electron chi connectivity index (χ3n) is 7.80. The van der Waals surface area contributed by atoms with Crippen molar-refractivity contribution in [3.05, 3.63) is 66.0 Å². The molecule has 194 valence electrons. The average Bonchev–Trinajstić information content (AvgIpc) is 2.89. The number of nitrogens with one attached hydrogen (secondary N) is 1. The zero-order chi connectivity index (χ0) is 25.4. The van der Waals surface area contributed by atoms with Gasteiger partial charge in [0.1, 0.15) is 11.6 Å². The van der Waals surface area contributed by atoms with Gasteiger partial charge in [-0.15, -0.1) is 0 Å². The number of piperidine rings is 1. The third-order valence-corrected chi connectivity index (χ3v) is 7.80. The first kappa shape index (κ1) is 26.3. The van der Waals surface area contributed by atoms with Crippen LogP contribution in [0.15, 0.2) is 54.7 Å². The number of nitrogens with zero attached hydrogens (tertiary/aromatic N) is 3. The molecule has 3 heterocycles. The number of rotatable bonds is 11. The summed E-state index contributed by atoms with van der Waals surface area (Å²) in [5, 5.41) is 3.11. The molecule has 6 nitrogen and oxygen atoms in total. The molecule has 36 heavy (non-hydrogen) atoms. The minimum absolute atomic E-state index is 0.0382. The Bertz CT molecular complexity index is 971. The number of pyridine rings is 1. The molecule has 2 fully saturated rings. The number of unbranched alkanes of at least 4 members (excludes halogenated alkanes) is 2. The van der Waals surface area contributed by atoms with Crippen LogP contribution in [0.3, 0.4) is 0 Å². The monoisotopic (exact) mass is 490 g/mol. The number of carbonyl (C=O) groups excluding carboxylic acids is 2. The maximum Gasteiger partial charge on any atom is 0.246 e. The number of carbonyl (C=O) groups is 2. The molecule has 0 unspecified atom stereocenters. The second-order valence-corrected chi connectivity index (χ2v) is 10.9. The van der Waals surface area contributed by atoms with Gasteiger partial charge >= 0.3 is 0 Å². The van der Waals surface area contributed by atoms with Gasteiger partial charge in [0.25, 0.3) is 0 Å². The predicted molar refractivity (Wildman–Crippen MR) is 143 cm³/mol. The van der Waals surface area contributed by atoms with E-state index in [2.05, 4.69) is 59.4 Å². The number of benzene rings is 1. The van der Waals surface area contributed by atoms with Crippen LogP contribution < -0.4 is 5.32 Å². The molecule has 4 rings (SSSR count). The summed E-state index contributed by atoms with van der Waals surface area (Å²) in [6, 6.07) is 16.1. The van der Waals surface area contributed by atoms with Crippen molar-refractivity contribution < 1.29 is 9.59 Å². The van der Waals surface area contributed by atoms with Crippen LogP contribution in [0.2, 0.25) is 0 Å². The van der Waals surface area contributed by atoms with Crippen LogP contribution in [0.1, 0.15) is 63.6 Å². The number of aromatic nitrogens is 1. The van der Waals surface area contributed by atoms with E-state index in [-0.39, 0.29) is 11.8 Å². The number of likely N-dealkylation sites (tertiary alicyclic amines) is 1. The molecule has 0 bridgehead atoms. The van der Waals surface area contributed by atoms with Crippen LogP contribution in [-0.2, 0) is 22.4 Å². The second kappa shape index (κ2) is 12.5. The molecule has 1 aromatic carbocycles. The van der Waals surface area contributed by atoms with Crippen molar-refractivity contribution in [2.75, 3.05) is 26.2 Å². The Morgan fingerprint density at radius 2 is 1.69 bits per heavy atom. The SMILES string of the molecule is CC(C)C[C@@H]1NC(=O)C2(CCN(CCCCCc3ccccc3)CC2)N(CCc2ccccn2)C1=O. The van der Waals surface area contributed by atoms with Gasteiger partial charge in [0, 0.05) is 37.9 Å². The van der Waals surface area contributed by atoms with Crippen molar-refractivity contribution in [2.45, 2.75) is 76.8 Å². The summed E-state index contributed by atoms with van der Waals surface area (Å²) < 4.78 is 0. The van der Waals surface area contributed by atoms with Crippen LogP contribution in [0.25, 0.3) is 0 Å². The molecule has 0 radical (unpaired) electrons. The number of aryl methyl sites for hydroxylation is 1. The lowest BCUT2D eigenvalue weighted by Crippen LogP contribution is -2.73. The van der Waals surface area contributed by atoms with Crippen molar-refractivity contribution in [3.63, 3.8) is 0 Å². The van der Waals surface area contributed by atoms with Crippen molar-refractivity contribution in [3.8, 4) is 0 Å². The molecule has 2 aliphatic rings. The first-order valence-corrected chi connectivity index (χ1v) is 13.8. The molecule has 0 aliphatic carbocycles. The standard InChI is InChI=1S/C30H42N4O2/c1-24(2)23-27-28(35)34(20-15-26-14-8-9-18-31-26)30(29(36)32-27)16-21-33(22-17-30)19-10-4-7-13-25-11-5-3-6-12-25/h3,5-6,8-9,11-12,14,18,24,27H,4,7,10,13,15-17,19-23H2,1-2H3,(H,32,36)/t27-/m0/s1. The lowest BCUT2D eigenvalue weighted by atomic mass is 9.80. The van der Waals surface area contributed by atoms with Gasteiger partial charge in [-0.25, -0.2) is 0 Å². The lowest BCUT2D eigenvalue weighted by Gasteiger charge is -2.52. The van der Waals surface area contributed by atoms with Gasteiger partial charge in [-0.2, -0.15) is 0 Å². The molecule has 1 N–H and O–H groups in total. The molecule has 1 atom stereocenters. The normalized spacial score (nSPS) is 20.2. The minimum Gasteiger partial charge on any atom is -0.342 e. The van der Waals surface area contributed by atoms with Crippen LogP contribution >= 0.6 is 0 Å². The van der Waals surface area contributed by atoms with Gasteiger partial charge in [0.15, 0.2) is 0 Å². The van der Waals surface area contributed by atoms with Crippen LogP contribution in [0.5, 0.6) is 0 Å². The zero-order valence-corrected chi connectivity index (χ0v) is 22.0. The fraction of sp³-hybridized carbons (Fsp3) is 0.567.